The van der Waals surface area contributed by atoms with Gasteiger partial charge in [-0.3, -0.25) is 4.79 Å². The molecule has 3 aromatic carbocycles. The normalized spacial score (nSPS) is 23.0. The predicted molar refractivity (Wildman–Crippen MR) is 165 cm³/mol. The van der Waals surface area contributed by atoms with Crippen LogP contribution in [-0.2, 0) is 22.2 Å². The maximum atomic E-state index is 14.0. The van der Waals surface area contributed by atoms with E-state index in [1.165, 1.54) is 5.56 Å². The van der Waals surface area contributed by atoms with Gasteiger partial charge in [0.2, 0.25) is 5.91 Å². The molecule has 0 bridgehead atoms. The Hall–Kier alpha value is -2.84. The van der Waals surface area contributed by atoms with Crippen LogP contribution < -0.4 is 10.6 Å². The van der Waals surface area contributed by atoms with Gasteiger partial charge in [-0.25, -0.2) is 0 Å². The molecule has 0 unspecified atom stereocenters. The van der Waals surface area contributed by atoms with Gasteiger partial charge in [0.15, 0.2) is 0 Å². The van der Waals surface area contributed by atoms with Gasteiger partial charge in [-0.15, -0.1) is 0 Å². The Balaban J connectivity index is 1.75. The molecule has 6 heteroatoms. The lowest BCUT2D eigenvalue weighted by atomic mass is 9.63. The van der Waals surface area contributed by atoms with E-state index in [-0.39, 0.29) is 22.8 Å². The molecule has 0 aromatic heterocycles. The van der Waals surface area contributed by atoms with Gasteiger partial charge >= 0.3 is 0 Å². The first-order valence-electron chi connectivity index (χ1n) is 13.8. The summed E-state index contributed by atoms with van der Waals surface area (Å²) in [6.45, 7) is 13.4. The van der Waals surface area contributed by atoms with Crippen LogP contribution >= 0.6 is 23.2 Å². The van der Waals surface area contributed by atoms with E-state index in [1.807, 2.05) is 48.5 Å². The van der Waals surface area contributed by atoms with E-state index in [2.05, 4.69) is 82.5 Å². The van der Waals surface area contributed by atoms with Crippen LogP contribution in [0.15, 0.2) is 72.8 Å². The second-order valence-electron chi connectivity index (χ2n) is 13.1. The van der Waals surface area contributed by atoms with E-state index in [4.69, 9.17) is 23.2 Å². The Morgan fingerprint density at radius 3 is 2.15 bits per heavy atom. The molecule has 4 rings (SSSR count). The van der Waals surface area contributed by atoms with E-state index in [9.17, 15) is 10.1 Å². The van der Waals surface area contributed by atoms with Crippen LogP contribution in [0, 0.1) is 16.7 Å². The Morgan fingerprint density at radius 1 is 0.950 bits per heavy atom. The molecule has 1 heterocycles. The molecule has 1 fully saturated rings. The Labute approximate surface area is 249 Å². The fourth-order valence-electron chi connectivity index (χ4n) is 5.88. The first-order valence-corrected chi connectivity index (χ1v) is 14.6. The molecule has 210 valence electrons. The second-order valence-corrected chi connectivity index (χ2v) is 14.0. The van der Waals surface area contributed by atoms with Gasteiger partial charge in [0, 0.05) is 28.5 Å². The molecular formula is C34H39Cl2N3O. The molecular weight excluding hydrogens is 537 g/mol. The molecule has 0 aliphatic carbocycles. The first-order chi connectivity index (χ1) is 18.7. The molecule has 4 nitrogen and oxygen atoms in total. The zero-order chi connectivity index (χ0) is 29.3. The maximum Gasteiger partial charge on any atom is 0.238 e. The van der Waals surface area contributed by atoms with Gasteiger partial charge in [0.1, 0.15) is 5.41 Å². The molecule has 0 spiro atoms. The molecule has 1 amide bonds. The lowest BCUT2D eigenvalue weighted by Crippen LogP contribution is -2.45. The molecule has 1 saturated heterocycles. The van der Waals surface area contributed by atoms with Crippen molar-refractivity contribution in [1.82, 2.24) is 10.6 Å². The Kier molecular flexibility index (Phi) is 8.71. The van der Waals surface area contributed by atoms with Crippen LogP contribution in [0.5, 0.6) is 0 Å². The van der Waals surface area contributed by atoms with E-state index in [0.717, 1.165) is 16.7 Å². The summed E-state index contributed by atoms with van der Waals surface area (Å²) in [5.41, 5.74) is 2.89. The summed E-state index contributed by atoms with van der Waals surface area (Å²) in [7, 11) is 0. The third-order valence-corrected chi connectivity index (χ3v) is 8.34. The van der Waals surface area contributed by atoms with Gasteiger partial charge in [0.05, 0.1) is 12.1 Å². The summed E-state index contributed by atoms with van der Waals surface area (Å²) < 4.78 is 0. The van der Waals surface area contributed by atoms with E-state index in [1.54, 1.807) is 0 Å². The third-order valence-electron chi connectivity index (χ3n) is 7.85. The average Bonchev–Trinajstić information content (AvgIpc) is 3.20. The third kappa shape index (κ3) is 6.39. The SMILES string of the molecule is CC(C)(C)C[C@@H]1N[C@@H](C(=O)NCc2ccc(C(C)(C)C)cc2)[C@H](c2cccc(Cl)c2)[C@@]1(C#N)c1ccc(Cl)cc1. The van der Waals surface area contributed by atoms with Crippen molar-refractivity contribution in [3.8, 4) is 6.07 Å². The van der Waals surface area contributed by atoms with Crippen molar-refractivity contribution in [3.63, 3.8) is 0 Å². The second kappa shape index (κ2) is 11.6. The van der Waals surface area contributed by atoms with Gasteiger partial charge in [-0.05, 0) is 63.8 Å². The average molecular weight is 577 g/mol. The molecule has 3 aromatic rings. The number of halogens is 2. The quantitative estimate of drug-likeness (QED) is 0.313. The molecule has 0 saturated carbocycles. The topological polar surface area (TPSA) is 64.9 Å². The van der Waals surface area contributed by atoms with Crippen molar-refractivity contribution in [2.45, 2.75) is 83.3 Å². The van der Waals surface area contributed by atoms with E-state index in [0.29, 0.717) is 23.0 Å². The molecule has 0 radical (unpaired) electrons. The molecule has 1 aliphatic heterocycles. The largest absolute Gasteiger partial charge is 0.351 e. The van der Waals surface area contributed by atoms with Crippen LogP contribution in [0.2, 0.25) is 10.0 Å². The predicted octanol–water partition coefficient (Wildman–Crippen LogP) is 7.93. The summed E-state index contributed by atoms with van der Waals surface area (Å²) in [4.78, 5) is 14.0. The number of rotatable bonds is 6. The number of nitrogens with one attached hydrogen (secondary N) is 2. The van der Waals surface area contributed by atoms with Crippen molar-refractivity contribution in [2.75, 3.05) is 0 Å². The van der Waals surface area contributed by atoms with Crippen LogP contribution in [0.1, 0.15) is 76.1 Å². The standard InChI is InChI=1S/C34H39Cl2N3O/c1-32(2,3)19-28-34(21-37,25-14-16-26(35)17-15-25)29(23-8-7-9-27(36)18-23)30(39-28)31(40)38-20-22-10-12-24(13-11-22)33(4,5)6/h7-18,28-30,39H,19-20H2,1-6H3,(H,38,40)/t28-,29-,30+,34-/m0/s1. The van der Waals surface area contributed by atoms with Gasteiger partial charge in [0.25, 0.3) is 0 Å². The molecule has 2 N–H and O–H groups in total. The zero-order valence-corrected chi connectivity index (χ0v) is 25.7. The van der Waals surface area contributed by atoms with Crippen LogP contribution in [-0.4, -0.2) is 18.0 Å². The Morgan fingerprint density at radius 2 is 1.60 bits per heavy atom. The van der Waals surface area contributed by atoms with E-state index < -0.39 is 17.4 Å². The molecule has 1 aliphatic rings. The van der Waals surface area contributed by atoms with Crippen molar-refractivity contribution >= 4 is 29.1 Å². The highest BCUT2D eigenvalue weighted by atomic mass is 35.5. The molecule has 40 heavy (non-hydrogen) atoms. The zero-order valence-electron chi connectivity index (χ0n) is 24.2. The lowest BCUT2D eigenvalue weighted by Gasteiger charge is -2.37. The van der Waals surface area contributed by atoms with Crippen molar-refractivity contribution in [2.24, 2.45) is 5.41 Å². The first kappa shape index (κ1) is 30.1. The fraction of sp³-hybridized carbons (Fsp3) is 0.412. The van der Waals surface area contributed by atoms with Crippen LogP contribution in [0.25, 0.3) is 0 Å². The summed E-state index contributed by atoms with van der Waals surface area (Å²) in [5.74, 6) is -0.622. The van der Waals surface area contributed by atoms with Gasteiger partial charge < -0.3 is 10.6 Å². The van der Waals surface area contributed by atoms with Gasteiger partial charge in [-0.1, -0.05) is 113 Å². The van der Waals surface area contributed by atoms with Crippen LogP contribution in [0.4, 0.5) is 0 Å². The minimum absolute atomic E-state index is 0.0596. The summed E-state index contributed by atoms with van der Waals surface area (Å²) in [6.07, 6.45) is 0.693. The lowest BCUT2D eigenvalue weighted by molar-refractivity contribution is -0.123. The number of benzene rings is 3. The number of carbonyl (C=O) groups is 1. The minimum atomic E-state index is -1.03. The van der Waals surface area contributed by atoms with E-state index >= 15 is 0 Å². The number of carbonyl (C=O) groups excluding carboxylic acids is 1. The summed E-state index contributed by atoms with van der Waals surface area (Å²) in [6, 6.07) is 25.1. The summed E-state index contributed by atoms with van der Waals surface area (Å²) in [5, 5.41) is 19.0. The van der Waals surface area contributed by atoms with Crippen molar-refractivity contribution < 1.29 is 4.79 Å². The van der Waals surface area contributed by atoms with Crippen LogP contribution in [0.3, 0.4) is 0 Å². The monoisotopic (exact) mass is 575 g/mol. The number of hydrogen-bond acceptors (Lipinski definition) is 3. The highest BCUT2D eigenvalue weighted by Crippen LogP contribution is 2.51. The number of nitriles is 1. The van der Waals surface area contributed by atoms with Crippen molar-refractivity contribution in [1.29, 1.82) is 5.26 Å². The number of amides is 1. The number of nitrogens with zero attached hydrogens (tertiary/aromatic N) is 1. The smallest absolute Gasteiger partial charge is 0.238 e. The van der Waals surface area contributed by atoms with Gasteiger partial charge in [-0.2, -0.15) is 5.26 Å². The highest BCUT2D eigenvalue weighted by Gasteiger charge is 2.59. The molecule has 4 atom stereocenters. The van der Waals surface area contributed by atoms with Crippen molar-refractivity contribution in [3.05, 3.63) is 105 Å². The maximum absolute atomic E-state index is 14.0. The summed E-state index contributed by atoms with van der Waals surface area (Å²) >= 11 is 12.7. The minimum Gasteiger partial charge on any atom is -0.351 e. The fourth-order valence-corrected chi connectivity index (χ4v) is 6.20. The number of hydrogen-bond donors (Lipinski definition) is 2. The Bertz CT molecular complexity index is 1380. The highest BCUT2D eigenvalue weighted by molar-refractivity contribution is 6.30.